The number of carbonyl (C=O) groups excluding carboxylic acids is 3. The zero-order valence-corrected chi connectivity index (χ0v) is 20.3. The summed E-state index contributed by atoms with van der Waals surface area (Å²) in [5, 5.41) is 0. The molecule has 4 rings (SSSR count). The molecule has 0 bridgehead atoms. The average Bonchev–Trinajstić information content (AvgIpc) is 3.34. The van der Waals surface area contributed by atoms with Gasteiger partial charge in [-0.15, -0.1) is 0 Å². The Labute approximate surface area is 196 Å². The highest BCUT2D eigenvalue weighted by molar-refractivity contribution is 5.99. The van der Waals surface area contributed by atoms with Gasteiger partial charge in [0.15, 0.2) is 5.78 Å². The van der Waals surface area contributed by atoms with E-state index in [0.29, 0.717) is 36.4 Å². The molecule has 0 saturated carbocycles. The van der Waals surface area contributed by atoms with Crippen LogP contribution in [0.1, 0.15) is 79.8 Å². The van der Waals surface area contributed by atoms with Crippen LogP contribution in [0.4, 0.5) is 0 Å². The Bertz CT molecular complexity index is 930. The van der Waals surface area contributed by atoms with E-state index in [1.807, 2.05) is 12.1 Å². The monoisotopic (exact) mass is 455 g/mol. The lowest BCUT2D eigenvalue weighted by Crippen LogP contribution is -2.45. The van der Waals surface area contributed by atoms with Crippen molar-refractivity contribution in [1.29, 1.82) is 0 Å². The third kappa shape index (κ3) is 4.99. The minimum Gasteiger partial charge on any atom is -0.368 e. The van der Waals surface area contributed by atoms with Gasteiger partial charge in [0.2, 0.25) is 11.8 Å². The molecule has 1 aromatic rings. The molecular formula is C26H37N3O4. The molecular weight excluding hydrogens is 418 g/mol. The molecule has 0 unspecified atom stereocenters. The van der Waals surface area contributed by atoms with Gasteiger partial charge < -0.3 is 20.3 Å². The fourth-order valence-electron chi connectivity index (χ4n) is 5.67. The maximum atomic E-state index is 14.0. The standard InChI is InChI=1S/C26H37N3O4/c1-26(2,3)14-20(25(32)29-12-9-22-23(29)21(30)15-33-22)19-13-17(5-6-18(19)24(27)31)16-7-10-28(4)11-8-16/h5-6,13,16,20,22-23H,7-12,14-15H2,1-4H3,(H2,27,31)/t20-,22+,23+/m0/s1. The number of nitrogens with zero attached hydrogens (tertiary/aromatic N) is 2. The smallest absolute Gasteiger partial charge is 0.249 e. The van der Waals surface area contributed by atoms with Crippen molar-refractivity contribution in [3.8, 4) is 0 Å². The summed E-state index contributed by atoms with van der Waals surface area (Å²) in [6, 6.07) is 5.34. The van der Waals surface area contributed by atoms with Crippen LogP contribution in [0, 0.1) is 5.41 Å². The van der Waals surface area contributed by atoms with E-state index < -0.39 is 17.9 Å². The van der Waals surface area contributed by atoms with Crippen LogP contribution >= 0.6 is 0 Å². The molecule has 33 heavy (non-hydrogen) atoms. The third-order valence-corrected chi connectivity index (χ3v) is 7.42. The summed E-state index contributed by atoms with van der Waals surface area (Å²) in [4.78, 5) is 42.9. The van der Waals surface area contributed by atoms with Gasteiger partial charge in [0.05, 0.1) is 12.0 Å². The summed E-state index contributed by atoms with van der Waals surface area (Å²) in [6.07, 6.45) is 3.11. The number of amides is 2. The van der Waals surface area contributed by atoms with E-state index in [1.54, 1.807) is 11.0 Å². The van der Waals surface area contributed by atoms with Gasteiger partial charge in [-0.1, -0.05) is 32.9 Å². The van der Waals surface area contributed by atoms with Crippen LogP contribution in [0.3, 0.4) is 0 Å². The molecule has 3 heterocycles. The number of ether oxygens (including phenoxy) is 1. The molecule has 1 aromatic carbocycles. The predicted octanol–water partition coefficient (Wildman–Crippen LogP) is 2.68. The van der Waals surface area contributed by atoms with Crippen molar-refractivity contribution >= 4 is 17.6 Å². The molecule has 7 heteroatoms. The van der Waals surface area contributed by atoms with Crippen LogP contribution in [0.5, 0.6) is 0 Å². The second-order valence-electron chi connectivity index (χ2n) is 11.2. The quantitative estimate of drug-likeness (QED) is 0.737. The number of nitrogens with two attached hydrogens (primary N) is 1. The number of benzene rings is 1. The number of primary amides is 1. The Morgan fingerprint density at radius 1 is 1.15 bits per heavy atom. The van der Waals surface area contributed by atoms with E-state index in [-0.39, 0.29) is 29.8 Å². The Morgan fingerprint density at radius 3 is 2.48 bits per heavy atom. The number of fused-ring (bicyclic) bond motifs is 1. The number of piperidine rings is 1. The van der Waals surface area contributed by atoms with Gasteiger partial charge in [-0.3, -0.25) is 14.4 Å². The molecule has 2 N–H and O–H groups in total. The van der Waals surface area contributed by atoms with Gasteiger partial charge in [0.1, 0.15) is 12.6 Å². The maximum absolute atomic E-state index is 14.0. The van der Waals surface area contributed by atoms with E-state index in [0.717, 1.165) is 31.5 Å². The molecule has 3 aliphatic rings. The van der Waals surface area contributed by atoms with E-state index in [2.05, 4.69) is 32.7 Å². The van der Waals surface area contributed by atoms with Gasteiger partial charge in [-0.25, -0.2) is 0 Å². The van der Waals surface area contributed by atoms with Crippen molar-refractivity contribution in [3.05, 3.63) is 34.9 Å². The molecule has 0 aromatic heterocycles. The largest absolute Gasteiger partial charge is 0.368 e. The normalized spacial score (nSPS) is 25.3. The van der Waals surface area contributed by atoms with E-state index in [1.165, 1.54) is 0 Å². The molecule has 3 aliphatic heterocycles. The van der Waals surface area contributed by atoms with Crippen molar-refractivity contribution < 1.29 is 19.1 Å². The van der Waals surface area contributed by atoms with Crippen LogP contribution in [0.25, 0.3) is 0 Å². The van der Waals surface area contributed by atoms with Gasteiger partial charge in [-0.2, -0.15) is 0 Å². The summed E-state index contributed by atoms with van der Waals surface area (Å²) in [5.74, 6) is -0.792. The van der Waals surface area contributed by atoms with Crippen LogP contribution < -0.4 is 5.73 Å². The van der Waals surface area contributed by atoms with Gasteiger partial charge in [0.25, 0.3) is 0 Å². The fraction of sp³-hybridized carbons (Fsp3) is 0.654. The van der Waals surface area contributed by atoms with Crippen molar-refractivity contribution in [1.82, 2.24) is 9.80 Å². The topological polar surface area (TPSA) is 92.9 Å². The highest BCUT2D eigenvalue weighted by atomic mass is 16.5. The lowest BCUT2D eigenvalue weighted by Gasteiger charge is -2.33. The van der Waals surface area contributed by atoms with E-state index in [4.69, 9.17) is 10.5 Å². The summed E-state index contributed by atoms with van der Waals surface area (Å²) in [5.41, 5.74) is 7.89. The van der Waals surface area contributed by atoms with Gasteiger partial charge in [0, 0.05) is 12.1 Å². The Hall–Kier alpha value is -2.25. The molecule has 180 valence electrons. The molecule has 2 amide bonds. The highest BCUT2D eigenvalue weighted by Crippen LogP contribution is 2.39. The number of Topliss-reactive ketones (excluding diaryl/α,β-unsaturated/α-hetero) is 1. The first-order valence-corrected chi connectivity index (χ1v) is 12.1. The van der Waals surface area contributed by atoms with Crippen LogP contribution in [-0.2, 0) is 14.3 Å². The summed E-state index contributed by atoms with van der Waals surface area (Å²) in [6.45, 7) is 8.90. The molecule has 0 aliphatic carbocycles. The first kappa shape index (κ1) is 23.9. The second kappa shape index (κ2) is 9.18. The first-order valence-electron chi connectivity index (χ1n) is 12.1. The molecule has 3 atom stereocenters. The Morgan fingerprint density at radius 2 is 1.85 bits per heavy atom. The van der Waals surface area contributed by atoms with Crippen molar-refractivity contribution in [2.75, 3.05) is 33.3 Å². The predicted molar refractivity (Wildman–Crippen MR) is 126 cm³/mol. The van der Waals surface area contributed by atoms with Crippen molar-refractivity contribution in [3.63, 3.8) is 0 Å². The van der Waals surface area contributed by atoms with Gasteiger partial charge >= 0.3 is 0 Å². The SMILES string of the molecule is CN1CCC(c2ccc(C(N)=O)c([C@H](CC(C)(C)C)C(=O)N3CC[C@H]4OCC(=O)[C@H]43)c2)CC1. The Balaban J connectivity index is 1.72. The fourth-order valence-corrected chi connectivity index (χ4v) is 5.67. The van der Waals surface area contributed by atoms with Crippen LogP contribution in [0.15, 0.2) is 18.2 Å². The summed E-state index contributed by atoms with van der Waals surface area (Å²) >= 11 is 0. The molecule has 0 spiro atoms. The lowest BCUT2D eigenvalue weighted by molar-refractivity contribution is -0.138. The Kier molecular flexibility index (Phi) is 6.65. The minimum atomic E-state index is -0.536. The third-order valence-electron chi connectivity index (χ3n) is 7.42. The zero-order valence-electron chi connectivity index (χ0n) is 20.3. The molecule has 3 saturated heterocycles. The average molecular weight is 456 g/mol. The molecule has 3 fully saturated rings. The van der Waals surface area contributed by atoms with Crippen molar-refractivity contribution in [2.45, 2.75) is 70.4 Å². The van der Waals surface area contributed by atoms with Crippen LogP contribution in [0.2, 0.25) is 0 Å². The van der Waals surface area contributed by atoms with Crippen molar-refractivity contribution in [2.24, 2.45) is 11.1 Å². The first-order chi connectivity index (χ1) is 15.5. The van der Waals surface area contributed by atoms with Crippen LogP contribution in [-0.4, -0.2) is 72.8 Å². The number of rotatable bonds is 5. The highest BCUT2D eigenvalue weighted by Gasteiger charge is 2.48. The molecule has 7 nitrogen and oxygen atoms in total. The molecule has 0 radical (unpaired) electrons. The van der Waals surface area contributed by atoms with E-state index >= 15 is 0 Å². The zero-order chi connectivity index (χ0) is 23.9. The second-order valence-corrected chi connectivity index (χ2v) is 11.2. The maximum Gasteiger partial charge on any atom is 0.249 e. The van der Waals surface area contributed by atoms with E-state index in [9.17, 15) is 14.4 Å². The number of hydrogen-bond donors (Lipinski definition) is 1. The number of ketones is 1. The number of hydrogen-bond acceptors (Lipinski definition) is 5. The summed E-state index contributed by atoms with van der Waals surface area (Å²) in [7, 11) is 2.13. The number of likely N-dealkylation sites (tertiary alicyclic amines) is 2. The number of carbonyl (C=O) groups is 3. The minimum absolute atomic E-state index is 0.0319. The summed E-state index contributed by atoms with van der Waals surface area (Å²) < 4.78 is 5.60. The lowest BCUT2D eigenvalue weighted by atomic mass is 9.77. The van der Waals surface area contributed by atoms with Gasteiger partial charge in [-0.05, 0) is 74.3 Å².